The van der Waals surface area contributed by atoms with Crippen LogP contribution in [-0.4, -0.2) is 29.1 Å². The molecule has 1 aliphatic carbocycles. The van der Waals surface area contributed by atoms with E-state index in [1.165, 1.54) is 34.9 Å². The average molecular weight is 349 g/mol. The van der Waals surface area contributed by atoms with Crippen LogP contribution < -0.4 is 0 Å². The van der Waals surface area contributed by atoms with Gasteiger partial charge < -0.3 is 9.52 Å². The first-order valence-electron chi connectivity index (χ1n) is 9.74. The zero-order valence-electron chi connectivity index (χ0n) is 15.4. The third-order valence-corrected chi connectivity index (χ3v) is 5.63. The van der Waals surface area contributed by atoms with Crippen molar-refractivity contribution < 1.29 is 9.52 Å². The van der Waals surface area contributed by atoms with Crippen LogP contribution in [0.3, 0.4) is 0 Å². The second-order valence-electron chi connectivity index (χ2n) is 7.43. The Hall–Kier alpha value is -2.26. The second kappa shape index (κ2) is 7.55. The summed E-state index contributed by atoms with van der Waals surface area (Å²) in [7, 11) is 0. The second-order valence-corrected chi connectivity index (χ2v) is 7.43. The Kier molecular flexibility index (Phi) is 4.98. The van der Waals surface area contributed by atoms with Gasteiger partial charge in [0.25, 0.3) is 0 Å². The Labute approximate surface area is 155 Å². The predicted octanol–water partition coefficient (Wildman–Crippen LogP) is 4.95. The van der Waals surface area contributed by atoms with Gasteiger partial charge in [0.15, 0.2) is 0 Å². The van der Waals surface area contributed by atoms with Crippen molar-refractivity contribution in [2.75, 3.05) is 13.1 Å². The SMILES string of the molecule is CCCN(CCc1ccc(O)cc1)[C@H]1CCc2cc3ccoc3cc2C1. The molecule has 0 saturated heterocycles. The molecule has 1 atom stereocenters. The number of aromatic hydroxyl groups is 1. The van der Waals surface area contributed by atoms with Crippen LogP contribution in [0.15, 0.2) is 53.1 Å². The highest BCUT2D eigenvalue weighted by Crippen LogP contribution is 2.29. The molecule has 2 aromatic carbocycles. The number of aryl methyl sites for hydroxylation is 1. The quantitative estimate of drug-likeness (QED) is 0.684. The molecule has 0 bridgehead atoms. The number of rotatable bonds is 6. The summed E-state index contributed by atoms with van der Waals surface area (Å²) in [5, 5.41) is 10.7. The van der Waals surface area contributed by atoms with Crippen LogP contribution in [0.5, 0.6) is 5.75 Å². The average Bonchev–Trinajstić information content (AvgIpc) is 3.11. The molecule has 0 unspecified atom stereocenters. The molecule has 0 amide bonds. The summed E-state index contributed by atoms with van der Waals surface area (Å²) < 4.78 is 5.61. The fourth-order valence-electron chi connectivity index (χ4n) is 4.21. The lowest BCUT2D eigenvalue weighted by molar-refractivity contribution is 0.182. The van der Waals surface area contributed by atoms with Gasteiger partial charge >= 0.3 is 0 Å². The number of nitrogens with zero attached hydrogens (tertiary/aromatic N) is 1. The van der Waals surface area contributed by atoms with Crippen molar-refractivity contribution in [3.05, 3.63) is 65.4 Å². The molecular formula is C23H27NO2. The Morgan fingerprint density at radius 2 is 1.92 bits per heavy atom. The molecule has 26 heavy (non-hydrogen) atoms. The highest BCUT2D eigenvalue weighted by molar-refractivity contribution is 5.79. The number of hydrogen-bond acceptors (Lipinski definition) is 3. The van der Waals surface area contributed by atoms with E-state index in [2.05, 4.69) is 30.0 Å². The first-order valence-corrected chi connectivity index (χ1v) is 9.74. The lowest BCUT2D eigenvalue weighted by Gasteiger charge is -2.35. The molecule has 3 nitrogen and oxygen atoms in total. The normalized spacial score (nSPS) is 16.9. The van der Waals surface area contributed by atoms with E-state index in [1.807, 2.05) is 12.1 Å². The predicted molar refractivity (Wildman–Crippen MR) is 106 cm³/mol. The number of benzene rings is 2. The molecular weight excluding hydrogens is 322 g/mol. The Bertz CT molecular complexity index is 866. The molecule has 0 aliphatic heterocycles. The van der Waals surface area contributed by atoms with E-state index in [0.717, 1.165) is 37.9 Å². The first kappa shape index (κ1) is 17.2. The van der Waals surface area contributed by atoms with Crippen LogP contribution in [0.4, 0.5) is 0 Å². The fraction of sp³-hybridized carbons (Fsp3) is 0.391. The molecule has 4 rings (SSSR count). The van der Waals surface area contributed by atoms with E-state index in [1.54, 1.807) is 18.4 Å². The summed E-state index contributed by atoms with van der Waals surface area (Å²) in [4.78, 5) is 2.65. The highest BCUT2D eigenvalue weighted by atomic mass is 16.3. The van der Waals surface area contributed by atoms with E-state index >= 15 is 0 Å². The zero-order valence-corrected chi connectivity index (χ0v) is 15.4. The topological polar surface area (TPSA) is 36.6 Å². The molecule has 0 fully saturated rings. The van der Waals surface area contributed by atoms with Crippen LogP contribution in [0.25, 0.3) is 11.0 Å². The summed E-state index contributed by atoms with van der Waals surface area (Å²) in [5.74, 6) is 0.340. The monoisotopic (exact) mass is 349 g/mol. The number of furan rings is 1. The lowest BCUT2D eigenvalue weighted by Crippen LogP contribution is -2.41. The number of fused-ring (bicyclic) bond motifs is 2. The minimum Gasteiger partial charge on any atom is -0.508 e. The van der Waals surface area contributed by atoms with Gasteiger partial charge in [0.05, 0.1) is 6.26 Å². The fourth-order valence-corrected chi connectivity index (χ4v) is 4.21. The lowest BCUT2D eigenvalue weighted by atomic mass is 9.86. The van der Waals surface area contributed by atoms with Gasteiger partial charge in [-0.1, -0.05) is 19.1 Å². The molecule has 3 aromatic rings. The molecule has 0 spiro atoms. The summed E-state index contributed by atoms with van der Waals surface area (Å²) in [6.45, 7) is 4.47. The van der Waals surface area contributed by atoms with Crippen LogP contribution in [0.1, 0.15) is 36.5 Å². The van der Waals surface area contributed by atoms with Crippen LogP contribution in [0.2, 0.25) is 0 Å². The van der Waals surface area contributed by atoms with Crippen molar-refractivity contribution in [2.24, 2.45) is 0 Å². The molecule has 136 valence electrons. The Balaban J connectivity index is 1.47. The standard InChI is InChI=1S/C23H27NO2/c1-2-11-24(12-9-17-3-7-22(25)8-4-17)21-6-5-18-14-19-10-13-26-23(19)16-20(18)15-21/h3-4,7-8,10,13-14,16,21,25H,2,5-6,9,11-12,15H2,1H3/t21-/m0/s1. The zero-order chi connectivity index (χ0) is 17.9. The van der Waals surface area contributed by atoms with Gasteiger partial charge in [-0.3, -0.25) is 4.90 Å². The summed E-state index contributed by atoms with van der Waals surface area (Å²) >= 11 is 0. The van der Waals surface area contributed by atoms with Crippen molar-refractivity contribution in [3.63, 3.8) is 0 Å². The first-order chi connectivity index (χ1) is 12.7. The van der Waals surface area contributed by atoms with Gasteiger partial charge in [-0.25, -0.2) is 0 Å². The van der Waals surface area contributed by atoms with E-state index < -0.39 is 0 Å². The van der Waals surface area contributed by atoms with Gasteiger partial charge in [-0.05, 0) is 85.7 Å². The van der Waals surface area contributed by atoms with Crippen LogP contribution in [0, 0.1) is 0 Å². The number of phenolic OH excluding ortho intramolecular Hbond substituents is 1. The van der Waals surface area contributed by atoms with Gasteiger partial charge in [0.2, 0.25) is 0 Å². The molecule has 0 saturated carbocycles. The van der Waals surface area contributed by atoms with Crippen molar-refractivity contribution in [1.82, 2.24) is 4.90 Å². The van der Waals surface area contributed by atoms with Gasteiger partial charge in [-0.2, -0.15) is 0 Å². The Morgan fingerprint density at radius 3 is 2.73 bits per heavy atom. The smallest absolute Gasteiger partial charge is 0.134 e. The van der Waals surface area contributed by atoms with Gasteiger partial charge in [0, 0.05) is 18.0 Å². The van der Waals surface area contributed by atoms with Crippen molar-refractivity contribution in [1.29, 1.82) is 0 Å². The maximum absolute atomic E-state index is 9.46. The van der Waals surface area contributed by atoms with E-state index in [4.69, 9.17) is 4.42 Å². The maximum atomic E-state index is 9.46. The van der Waals surface area contributed by atoms with E-state index in [0.29, 0.717) is 11.8 Å². The van der Waals surface area contributed by atoms with Crippen LogP contribution >= 0.6 is 0 Å². The third kappa shape index (κ3) is 3.63. The maximum Gasteiger partial charge on any atom is 0.134 e. The van der Waals surface area contributed by atoms with Gasteiger partial charge in [-0.15, -0.1) is 0 Å². The number of hydrogen-bond donors (Lipinski definition) is 1. The van der Waals surface area contributed by atoms with Crippen molar-refractivity contribution in [3.8, 4) is 5.75 Å². The van der Waals surface area contributed by atoms with Crippen LogP contribution in [-0.2, 0) is 19.3 Å². The minimum absolute atomic E-state index is 0.340. The molecule has 1 N–H and O–H groups in total. The third-order valence-electron chi connectivity index (χ3n) is 5.63. The minimum atomic E-state index is 0.340. The molecule has 1 heterocycles. The van der Waals surface area contributed by atoms with Gasteiger partial charge in [0.1, 0.15) is 11.3 Å². The number of phenols is 1. The largest absolute Gasteiger partial charge is 0.508 e. The van der Waals surface area contributed by atoms with Crippen molar-refractivity contribution in [2.45, 2.75) is 45.1 Å². The molecule has 0 radical (unpaired) electrons. The van der Waals surface area contributed by atoms with E-state index in [-0.39, 0.29) is 0 Å². The summed E-state index contributed by atoms with van der Waals surface area (Å²) in [6, 6.07) is 14.9. The molecule has 1 aliphatic rings. The van der Waals surface area contributed by atoms with E-state index in [9.17, 15) is 5.11 Å². The molecule has 3 heteroatoms. The highest BCUT2D eigenvalue weighted by Gasteiger charge is 2.24. The summed E-state index contributed by atoms with van der Waals surface area (Å²) in [5.41, 5.74) is 5.24. The van der Waals surface area contributed by atoms with Crippen molar-refractivity contribution >= 4 is 11.0 Å². The Morgan fingerprint density at radius 1 is 1.08 bits per heavy atom. The summed E-state index contributed by atoms with van der Waals surface area (Å²) in [6.07, 6.45) is 7.49. The molecule has 1 aromatic heterocycles.